The van der Waals surface area contributed by atoms with Crippen LogP contribution >= 0.6 is 0 Å². The Morgan fingerprint density at radius 1 is 1.09 bits per heavy atom. The predicted molar refractivity (Wildman–Crippen MR) is 92.0 cm³/mol. The molecule has 4 heteroatoms. The van der Waals surface area contributed by atoms with Crippen molar-refractivity contribution in [3.8, 4) is 0 Å². The van der Waals surface area contributed by atoms with Crippen LogP contribution in [-0.4, -0.2) is 13.0 Å². The fourth-order valence-corrected chi connectivity index (χ4v) is 3.95. The monoisotopic (exact) mass is 318 g/mol. The lowest BCUT2D eigenvalue weighted by atomic mass is 9.91. The Morgan fingerprint density at radius 3 is 2.23 bits per heavy atom. The van der Waals surface area contributed by atoms with Crippen LogP contribution in [0.15, 0.2) is 29.2 Å². The Labute approximate surface area is 132 Å². The number of hydrogen-bond acceptors (Lipinski definition) is 2. The molecule has 0 atom stereocenters. The SMILES string of the molecule is CC=Cc1ccc2c(CC)c(CC)c(S(=O)(=O)O)cc2c1C. The second-order valence-electron chi connectivity index (χ2n) is 5.39. The third-order valence-electron chi connectivity index (χ3n) is 4.15. The van der Waals surface area contributed by atoms with E-state index in [0.29, 0.717) is 6.42 Å². The first kappa shape index (κ1) is 16.7. The van der Waals surface area contributed by atoms with Crippen LogP contribution in [0.1, 0.15) is 43.0 Å². The summed E-state index contributed by atoms with van der Waals surface area (Å²) in [6.45, 7) is 7.86. The molecule has 0 unspecified atom stereocenters. The molecule has 22 heavy (non-hydrogen) atoms. The van der Waals surface area contributed by atoms with Crippen molar-refractivity contribution in [1.82, 2.24) is 0 Å². The van der Waals surface area contributed by atoms with Gasteiger partial charge >= 0.3 is 0 Å². The van der Waals surface area contributed by atoms with E-state index in [2.05, 4.69) is 6.07 Å². The second-order valence-corrected chi connectivity index (χ2v) is 6.78. The van der Waals surface area contributed by atoms with Gasteiger partial charge in [-0.1, -0.05) is 38.1 Å². The highest BCUT2D eigenvalue weighted by Crippen LogP contribution is 2.33. The molecular formula is C18H22O3S. The molecule has 0 aromatic heterocycles. The van der Waals surface area contributed by atoms with Gasteiger partial charge in [-0.05, 0) is 65.8 Å². The van der Waals surface area contributed by atoms with Crippen molar-refractivity contribution >= 4 is 27.0 Å². The van der Waals surface area contributed by atoms with Gasteiger partial charge in [0.15, 0.2) is 0 Å². The van der Waals surface area contributed by atoms with Gasteiger partial charge in [0.25, 0.3) is 10.1 Å². The molecule has 118 valence electrons. The van der Waals surface area contributed by atoms with Crippen LogP contribution in [0, 0.1) is 6.92 Å². The Kier molecular flexibility index (Phi) is 4.73. The summed E-state index contributed by atoms with van der Waals surface area (Å²) >= 11 is 0. The van der Waals surface area contributed by atoms with Crippen molar-refractivity contribution in [2.24, 2.45) is 0 Å². The van der Waals surface area contributed by atoms with Crippen molar-refractivity contribution in [3.63, 3.8) is 0 Å². The van der Waals surface area contributed by atoms with Crippen LogP contribution in [0.25, 0.3) is 16.8 Å². The van der Waals surface area contributed by atoms with Crippen molar-refractivity contribution in [2.45, 2.75) is 45.4 Å². The Hall–Kier alpha value is -1.65. The van der Waals surface area contributed by atoms with E-state index in [4.69, 9.17) is 0 Å². The lowest BCUT2D eigenvalue weighted by molar-refractivity contribution is 0.482. The summed E-state index contributed by atoms with van der Waals surface area (Å²) in [5.41, 5.74) is 3.80. The minimum absolute atomic E-state index is 0.0417. The van der Waals surface area contributed by atoms with Gasteiger partial charge in [-0.15, -0.1) is 0 Å². The average Bonchev–Trinajstić information content (AvgIpc) is 2.47. The van der Waals surface area contributed by atoms with E-state index in [-0.39, 0.29) is 4.90 Å². The highest BCUT2D eigenvalue weighted by molar-refractivity contribution is 7.85. The summed E-state index contributed by atoms with van der Waals surface area (Å²) in [5.74, 6) is 0. The normalized spacial score (nSPS) is 12.4. The van der Waals surface area contributed by atoms with Gasteiger partial charge in [-0.3, -0.25) is 4.55 Å². The molecule has 0 aliphatic heterocycles. The molecule has 3 nitrogen and oxygen atoms in total. The largest absolute Gasteiger partial charge is 0.294 e. The zero-order valence-electron chi connectivity index (χ0n) is 13.5. The maximum atomic E-state index is 11.8. The molecule has 0 aliphatic rings. The van der Waals surface area contributed by atoms with E-state index >= 15 is 0 Å². The molecule has 2 aromatic carbocycles. The molecule has 0 spiro atoms. The van der Waals surface area contributed by atoms with Crippen LogP contribution < -0.4 is 0 Å². The van der Waals surface area contributed by atoms with E-state index in [1.807, 2.05) is 45.9 Å². The van der Waals surface area contributed by atoms with E-state index in [1.165, 1.54) is 0 Å². The van der Waals surface area contributed by atoms with Gasteiger partial charge in [-0.2, -0.15) is 8.42 Å². The fourth-order valence-electron chi connectivity index (χ4n) is 3.11. The predicted octanol–water partition coefficient (Wildman–Crippen LogP) is 4.55. The topological polar surface area (TPSA) is 54.4 Å². The highest BCUT2D eigenvalue weighted by atomic mass is 32.2. The van der Waals surface area contributed by atoms with Crippen molar-refractivity contribution in [1.29, 1.82) is 0 Å². The minimum atomic E-state index is -4.23. The van der Waals surface area contributed by atoms with Gasteiger partial charge in [0.05, 0.1) is 4.90 Å². The van der Waals surface area contributed by atoms with Crippen molar-refractivity contribution in [2.75, 3.05) is 0 Å². The summed E-state index contributed by atoms with van der Waals surface area (Å²) in [5, 5.41) is 1.95. The zero-order valence-corrected chi connectivity index (χ0v) is 14.3. The minimum Gasteiger partial charge on any atom is -0.282 e. The molecule has 2 rings (SSSR count). The Morgan fingerprint density at radius 2 is 1.73 bits per heavy atom. The molecule has 1 N–H and O–H groups in total. The van der Waals surface area contributed by atoms with Crippen LogP contribution in [0.2, 0.25) is 0 Å². The molecule has 0 bridgehead atoms. The molecule has 0 fully saturated rings. The third-order valence-corrected chi connectivity index (χ3v) is 5.07. The average molecular weight is 318 g/mol. The zero-order chi connectivity index (χ0) is 16.5. The van der Waals surface area contributed by atoms with Crippen LogP contribution in [-0.2, 0) is 23.0 Å². The first-order valence-electron chi connectivity index (χ1n) is 7.53. The number of aryl methyl sites for hydroxylation is 2. The molecule has 0 saturated heterocycles. The van der Waals surface area contributed by atoms with E-state index < -0.39 is 10.1 Å². The van der Waals surface area contributed by atoms with E-state index in [1.54, 1.807) is 6.07 Å². The third kappa shape index (κ3) is 2.81. The lowest BCUT2D eigenvalue weighted by Gasteiger charge is -2.17. The molecule has 0 amide bonds. The molecule has 2 aromatic rings. The van der Waals surface area contributed by atoms with Crippen LogP contribution in [0.5, 0.6) is 0 Å². The summed E-state index contributed by atoms with van der Waals surface area (Å²) in [6, 6.07) is 5.72. The summed E-state index contributed by atoms with van der Waals surface area (Å²) < 4.78 is 33.2. The van der Waals surface area contributed by atoms with Gasteiger partial charge in [0.2, 0.25) is 0 Å². The Balaban J connectivity index is 3.01. The van der Waals surface area contributed by atoms with E-state index in [0.717, 1.165) is 39.4 Å². The van der Waals surface area contributed by atoms with Crippen LogP contribution in [0.3, 0.4) is 0 Å². The summed E-state index contributed by atoms with van der Waals surface area (Å²) in [6.07, 6.45) is 5.26. The maximum absolute atomic E-state index is 11.8. The first-order valence-corrected chi connectivity index (χ1v) is 8.97. The smallest absolute Gasteiger partial charge is 0.282 e. The number of fused-ring (bicyclic) bond motifs is 1. The fraction of sp³-hybridized carbons (Fsp3) is 0.333. The Bertz CT molecular complexity index is 846. The standard InChI is InChI=1S/C18H22O3S/c1-5-8-13-9-10-16-14(6-2)15(7-3)18(22(19,20)21)11-17(16)12(13)4/h5,8-11H,6-7H2,1-4H3,(H,19,20,21). The number of benzene rings is 2. The van der Waals surface area contributed by atoms with E-state index in [9.17, 15) is 13.0 Å². The number of rotatable bonds is 4. The summed E-state index contributed by atoms with van der Waals surface area (Å²) in [4.78, 5) is 0.0417. The first-order chi connectivity index (χ1) is 10.3. The van der Waals surface area contributed by atoms with Crippen molar-refractivity contribution in [3.05, 3.63) is 46.5 Å². The quantitative estimate of drug-likeness (QED) is 0.841. The number of hydrogen-bond donors (Lipinski definition) is 1. The summed E-state index contributed by atoms with van der Waals surface area (Å²) in [7, 11) is -4.23. The van der Waals surface area contributed by atoms with Gasteiger partial charge in [0.1, 0.15) is 0 Å². The van der Waals surface area contributed by atoms with Gasteiger partial charge in [-0.25, -0.2) is 0 Å². The number of allylic oxidation sites excluding steroid dienone is 1. The van der Waals surface area contributed by atoms with Crippen LogP contribution in [0.4, 0.5) is 0 Å². The molecular weight excluding hydrogens is 296 g/mol. The second kappa shape index (κ2) is 6.23. The van der Waals surface area contributed by atoms with Crippen molar-refractivity contribution < 1.29 is 13.0 Å². The molecule has 0 saturated carbocycles. The lowest BCUT2D eigenvalue weighted by Crippen LogP contribution is -2.07. The van der Waals surface area contributed by atoms with Gasteiger partial charge < -0.3 is 0 Å². The highest BCUT2D eigenvalue weighted by Gasteiger charge is 2.20. The molecule has 0 aliphatic carbocycles. The maximum Gasteiger partial charge on any atom is 0.294 e. The molecule has 0 radical (unpaired) electrons. The molecule has 0 heterocycles. The van der Waals surface area contributed by atoms with Gasteiger partial charge in [0, 0.05) is 0 Å².